The second-order valence-electron chi connectivity index (χ2n) is 7.54. The predicted octanol–water partition coefficient (Wildman–Crippen LogP) is 2.05. The Morgan fingerprint density at radius 1 is 1.11 bits per heavy atom. The first-order valence-corrected chi connectivity index (χ1v) is 9.86. The fourth-order valence-electron chi connectivity index (χ4n) is 4.23. The van der Waals surface area contributed by atoms with Crippen molar-refractivity contribution in [3.63, 3.8) is 0 Å². The summed E-state index contributed by atoms with van der Waals surface area (Å²) in [6.07, 6.45) is 6.97. The molecule has 2 fully saturated rings. The van der Waals surface area contributed by atoms with Crippen LogP contribution in [0.4, 0.5) is 10.2 Å². The molecule has 0 amide bonds. The SMILES string of the molecule is O=c1n(-c2ccnc3ccc(N4CCC(F)C4)nc23)ccn1C1CCNCC1. The fourth-order valence-corrected chi connectivity index (χ4v) is 4.23. The van der Waals surface area contributed by atoms with Crippen molar-refractivity contribution in [1.29, 1.82) is 0 Å². The van der Waals surface area contributed by atoms with Crippen LogP contribution in [0.2, 0.25) is 0 Å². The van der Waals surface area contributed by atoms with Crippen LogP contribution in [0.15, 0.2) is 41.6 Å². The van der Waals surface area contributed by atoms with Gasteiger partial charge in [0.1, 0.15) is 17.5 Å². The molecule has 0 saturated carbocycles. The summed E-state index contributed by atoms with van der Waals surface area (Å²) in [4.78, 5) is 24.2. The maximum Gasteiger partial charge on any atom is 0.333 e. The highest BCUT2D eigenvalue weighted by molar-refractivity contribution is 5.84. The van der Waals surface area contributed by atoms with E-state index in [1.54, 1.807) is 17.0 Å². The molecule has 2 aliphatic rings. The minimum absolute atomic E-state index is 0.0587. The summed E-state index contributed by atoms with van der Waals surface area (Å²) in [7, 11) is 0. The Labute approximate surface area is 161 Å². The largest absolute Gasteiger partial charge is 0.354 e. The molecule has 3 aromatic rings. The molecule has 146 valence electrons. The Kier molecular flexibility index (Phi) is 4.35. The molecule has 0 bridgehead atoms. The van der Waals surface area contributed by atoms with Crippen molar-refractivity contribution in [1.82, 2.24) is 24.4 Å². The molecule has 28 heavy (non-hydrogen) atoms. The lowest BCUT2D eigenvalue weighted by molar-refractivity contribution is 0.360. The van der Waals surface area contributed by atoms with Gasteiger partial charge in [-0.2, -0.15) is 0 Å². The van der Waals surface area contributed by atoms with Gasteiger partial charge in [-0.3, -0.25) is 14.1 Å². The highest BCUT2D eigenvalue weighted by atomic mass is 19.1. The highest BCUT2D eigenvalue weighted by Crippen LogP contribution is 2.25. The average molecular weight is 382 g/mol. The van der Waals surface area contributed by atoms with Crippen molar-refractivity contribution in [2.24, 2.45) is 0 Å². The Bertz CT molecular complexity index is 1050. The maximum atomic E-state index is 13.6. The second-order valence-corrected chi connectivity index (χ2v) is 7.54. The van der Waals surface area contributed by atoms with Gasteiger partial charge in [0.2, 0.25) is 0 Å². The molecule has 0 radical (unpaired) electrons. The number of rotatable bonds is 3. The zero-order chi connectivity index (χ0) is 19.1. The normalized spacial score (nSPS) is 20.9. The predicted molar refractivity (Wildman–Crippen MR) is 106 cm³/mol. The molecule has 0 aliphatic carbocycles. The number of alkyl halides is 1. The summed E-state index contributed by atoms with van der Waals surface area (Å²) in [6, 6.07) is 5.80. The van der Waals surface area contributed by atoms with Crippen LogP contribution in [0, 0.1) is 0 Å². The topological polar surface area (TPSA) is 68.0 Å². The van der Waals surface area contributed by atoms with E-state index in [9.17, 15) is 9.18 Å². The molecule has 3 aromatic heterocycles. The van der Waals surface area contributed by atoms with Crippen LogP contribution >= 0.6 is 0 Å². The number of halogens is 1. The summed E-state index contributed by atoms with van der Waals surface area (Å²) in [6.45, 7) is 2.87. The van der Waals surface area contributed by atoms with E-state index < -0.39 is 6.17 Å². The van der Waals surface area contributed by atoms with Crippen molar-refractivity contribution in [3.05, 3.63) is 47.3 Å². The van der Waals surface area contributed by atoms with E-state index in [1.807, 2.05) is 33.9 Å². The fraction of sp³-hybridized carbons (Fsp3) is 0.450. The molecule has 5 rings (SSSR count). The number of piperidine rings is 1. The van der Waals surface area contributed by atoms with E-state index in [1.165, 1.54) is 0 Å². The van der Waals surface area contributed by atoms with E-state index in [4.69, 9.17) is 4.98 Å². The average Bonchev–Trinajstić information content (AvgIpc) is 3.33. The first-order valence-electron chi connectivity index (χ1n) is 9.86. The third-order valence-corrected chi connectivity index (χ3v) is 5.77. The van der Waals surface area contributed by atoms with Gasteiger partial charge in [-0.05, 0) is 50.6 Å². The smallest absolute Gasteiger partial charge is 0.333 e. The quantitative estimate of drug-likeness (QED) is 0.751. The van der Waals surface area contributed by atoms with Gasteiger partial charge >= 0.3 is 5.69 Å². The van der Waals surface area contributed by atoms with E-state index in [-0.39, 0.29) is 11.7 Å². The van der Waals surface area contributed by atoms with E-state index >= 15 is 0 Å². The third-order valence-electron chi connectivity index (χ3n) is 5.77. The number of imidazole rings is 1. The number of fused-ring (bicyclic) bond motifs is 1. The van der Waals surface area contributed by atoms with Gasteiger partial charge in [-0.1, -0.05) is 0 Å². The lowest BCUT2D eigenvalue weighted by Gasteiger charge is -2.23. The van der Waals surface area contributed by atoms with Crippen molar-refractivity contribution in [2.45, 2.75) is 31.5 Å². The van der Waals surface area contributed by atoms with Crippen molar-refractivity contribution in [3.8, 4) is 5.69 Å². The zero-order valence-corrected chi connectivity index (χ0v) is 15.6. The van der Waals surface area contributed by atoms with Crippen LogP contribution in [-0.2, 0) is 0 Å². The minimum atomic E-state index is -0.812. The minimum Gasteiger partial charge on any atom is -0.354 e. The third kappa shape index (κ3) is 2.97. The second kappa shape index (κ2) is 7.01. The standard InChI is InChI=1S/C20H23FN6O/c21-14-6-10-25(13-14)18-2-1-16-19(24-18)17(5-9-23-16)27-12-11-26(20(27)28)15-3-7-22-8-4-15/h1-2,5,9,11-12,14-15,22H,3-4,6-8,10,13H2. The first-order chi connectivity index (χ1) is 13.7. The number of hydrogen-bond donors (Lipinski definition) is 1. The first kappa shape index (κ1) is 17.4. The van der Waals surface area contributed by atoms with Crippen LogP contribution in [0.5, 0.6) is 0 Å². The molecule has 2 saturated heterocycles. The van der Waals surface area contributed by atoms with Crippen LogP contribution in [0.1, 0.15) is 25.3 Å². The molecular weight excluding hydrogens is 359 g/mol. The van der Waals surface area contributed by atoms with E-state index in [0.29, 0.717) is 30.7 Å². The molecule has 1 atom stereocenters. The Morgan fingerprint density at radius 3 is 2.75 bits per heavy atom. The number of aromatic nitrogens is 4. The maximum absolute atomic E-state index is 13.6. The molecule has 1 N–H and O–H groups in total. The van der Waals surface area contributed by atoms with Crippen LogP contribution in [0.3, 0.4) is 0 Å². The number of nitrogens with zero attached hydrogens (tertiary/aromatic N) is 5. The van der Waals surface area contributed by atoms with Crippen molar-refractivity contribution < 1.29 is 4.39 Å². The number of nitrogens with one attached hydrogen (secondary N) is 1. The summed E-state index contributed by atoms with van der Waals surface area (Å²) < 4.78 is 17.1. The summed E-state index contributed by atoms with van der Waals surface area (Å²) in [5.41, 5.74) is 2.03. The Balaban J connectivity index is 1.57. The highest BCUT2D eigenvalue weighted by Gasteiger charge is 2.24. The number of pyridine rings is 2. The van der Waals surface area contributed by atoms with E-state index in [2.05, 4.69) is 10.3 Å². The summed E-state index contributed by atoms with van der Waals surface area (Å²) in [5, 5.41) is 3.33. The Hall–Kier alpha value is -2.74. The van der Waals surface area contributed by atoms with Crippen LogP contribution in [0.25, 0.3) is 16.7 Å². The molecule has 5 heterocycles. The number of hydrogen-bond acceptors (Lipinski definition) is 5. The van der Waals surface area contributed by atoms with Gasteiger partial charge in [0.25, 0.3) is 0 Å². The lowest BCUT2D eigenvalue weighted by atomic mass is 10.1. The molecule has 2 aliphatic heterocycles. The monoisotopic (exact) mass is 382 g/mol. The molecule has 8 heteroatoms. The van der Waals surface area contributed by atoms with Crippen LogP contribution in [-0.4, -0.2) is 51.5 Å². The molecule has 1 unspecified atom stereocenters. The van der Waals surface area contributed by atoms with Gasteiger partial charge in [0, 0.05) is 31.2 Å². The van der Waals surface area contributed by atoms with E-state index in [0.717, 1.165) is 37.3 Å². The van der Waals surface area contributed by atoms with Crippen LogP contribution < -0.4 is 15.9 Å². The molecule has 7 nitrogen and oxygen atoms in total. The Morgan fingerprint density at radius 2 is 1.96 bits per heavy atom. The number of anilines is 1. The van der Waals surface area contributed by atoms with Crippen molar-refractivity contribution in [2.75, 3.05) is 31.1 Å². The summed E-state index contributed by atoms with van der Waals surface area (Å²) >= 11 is 0. The zero-order valence-electron chi connectivity index (χ0n) is 15.6. The molecular formula is C20H23FN6O. The molecule has 0 aromatic carbocycles. The van der Waals surface area contributed by atoms with Gasteiger partial charge < -0.3 is 10.2 Å². The van der Waals surface area contributed by atoms with Crippen molar-refractivity contribution >= 4 is 16.9 Å². The lowest BCUT2D eigenvalue weighted by Crippen LogP contribution is -2.34. The van der Waals surface area contributed by atoms with Gasteiger partial charge in [0.15, 0.2) is 0 Å². The van der Waals surface area contributed by atoms with Gasteiger partial charge in [-0.25, -0.2) is 14.2 Å². The summed E-state index contributed by atoms with van der Waals surface area (Å²) in [5.74, 6) is 0.729. The van der Waals surface area contributed by atoms with Gasteiger partial charge in [0.05, 0.1) is 17.7 Å². The molecule has 0 spiro atoms. The van der Waals surface area contributed by atoms with Gasteiger partial charge in [-0.15, -0.1) is 0 Å².